The Hall–Kier alpha value is -2.68. The lowest BCUT2D eigenvalue weighted by Gasteiger charge is -2.07. The summed E-state index contributed by atoms with van der Waals surface area (Å²) < 4.78 is 9.81. The van der Waals surface area contributed by atoms with E-state index in [1.54, 1.807) is 19.1 Å². The minimum Gasteiger partial charge on any atom is -0.492 e. The maximum atomic E-state index is 11.6. The van der Waals surface area contributed by atoms with E-state index >= 15 is 0 Å². The van der Waals surface area contributed by atoms with Crippen LogP contribution in [0.15, 0.2) is 18.2 Å². The van der Waals surface area contributed by atoms with Crippen LogP contribution in [0, 0.1) is 11.3 Å². The van der Waals surface area contributed by atoms with E-state index < -0.39 is 18.4 Å². The first-order chi connectivity index (χ1) is 9.96. The molecule has 110 valence electrons. The summed E-state index contributed by atoms with van der Waals surface area (Å²) in [5.74, 6) is -1.62. The zero-order valence-electron chi connectivity index (χ0n) is 11.8. The number of hydrogen-bond donors (Lipinski definition) is 0. The molecule has 1 rings (SSSR count). The van der Waals surface area contributed by atoms with Crippen molar-refractivity contribution in [3.63, 3.8) is 0 Å². The third-order valence-corrected chi connectivity index (χ3v) is 2.44. The topological polar surface area (TPSA) is 93.5 Å². The van der Waals surface area contributed by atoms with Gasteiger partial charge in [-0.15, -0.1) is 0 Å². The van der Waals surface area contributed by atoms with E-state index in [9.17, 15) is 14.4 Å². The Labute approximate surface area is 122 Å². The standard InChI is InChI=1S/C15H15NO5/c1-3-20-13-7-11(4-5-12(13)9-16)8-15(19)21-14(18)6-10(2)17/h4-5,7H,3,6,8H2,1-2H3. The van der Waals surface area contributed by atoms with E-state index in [1.807, 2.05) is 6.07 Å². The van der Waals surface area contributed by atoms with Gasteiger partial charge in [0.1, 0.15) is 24.0 Å². The zero-order chi connectivity index (χ0) is 15.8. The molecule has 0 amide bonds. The second-order valence-corrected chi connectivity index (χ2v) is 4.28. The van der Waals surface area contributed by atoms with Gasteiger partial charge in [-0.25, -0.2) is 0 Å². The van der Waals surface area contributed by atoms with Gasteiger partial charge in [-0.1, -0.05) is 6.07 Å². The lowest BCUT2D eigenvalue weighted by atomic mass is 10.1. The summed E-state index contributed by atoms with van der Waals surface area (Å²) in [4.78, 5) is 33.5. The van der Waals surface area contributed by atoms with E-state index in [0.29, 0.717) is 23.5 Å². The maximum absolute atomic E-state index is 11.6. The quantitative estimate of drug-likeness (QED) is 0.582. The number of hydrogen-bond acceptors (Lipinski definition) is 6. The predicted molar refractivity (Wildman–Crippen MR) is 72.4 cm³/mol. The van der Waals surface area contributed by atoms with Gasteiger partial charge in [0.2, 0.25) is 0 Å². The summed E-state index contributed by atoms with van der Waals surface area (Å²) in [6.45, 7) is 3.41. The monoisotopic (exact) mass is 289 g/mol. The van der Waals surface area contributed by atoms with Gasteiger partial charge in [-0.05, 0) is 31.5 Å². The largest absolute Gasteiger partial charge is 0.492 e. The Morgan fingerprint density at radius 1 is 1.24 bits per heavy atom. The lowest BCUT2D eigenvalue weighted by Crippen LogP contribution is -2.16. The molecule has 0 N–H and O–H groups in total. The molecule has 0 aliphatic carbocycles. The van der Waals surface area contributed by atoms with E-state index in [4.69, 9.17) is 10.00 Å². The van der Waals surface area contributed by atoms with Crippen LogP contribution in [-0.2, 0) is 25.5 Å². The first kappa shape index (κ1) is 16.4. The molecule has 0 atom stereocenters. The fraction of sp³-hybridized carbons (Fsp3) is 0.333. The smallest absolute Gasteiger partial charge is 0.320 e. The summed E-state index contributed by atoms with van der Waals surface area (Å²) in [5, 5.41) is 8.92. The molecule has 6 nitrogen and oxygen atoms in total. The molecule has 0 fully saturated rings. The van der Waals surface area contributed by atoms with Crippen LogP contribution in [0.4, 0.5) is 0 Å². The van der Waals surface area contributed by atoms with Gasteiger partial charge in [-0.2, -0.15) is 5.26 Å². The number of Topliss-reactive ketones (excluding diaryl/α,β-unsaturated/α-hetero) is 1. The number of carbonyl (C=O) groups excluding carboxylic acids is 3. The van der Waals surface area contributed by atoms with Crippen molar-refractivity contribution >= 4 is 17.7 Å². The van der Waals surface area contributed by atoms with Crippen molar-refractivity contribution < 1.29 is 23.9 Å². The zero-order valence-corrected chi connectivity index (χ0v) is 11.8. The number of ether oxygens (including phenoxy) is 2. The minimum atomic E-state index is -0.869. The Kier molecular flexibility index (Phi) is 6.08. The maximum Gasteiger partial charge on any atom is 0.320 e. The molecule has 0 aromatic heterocycles. The molecule has 0 aliphatic heterocycles. The number of ketones is 1. The second-order valence-electron chi connectivity index (χ2n) is 4.28. The van der Waals surface area contributed by atoms with E-state index in [-0.39, 0.29) is 12.2 Å². The van der Waals surface area contributed by atoms with Crippen molar-refractivity contribution in [2.45, 2.75) is 26.7 Å². The SMILES string of the molecule is CCOc1cc(CC(=O)OC(=O)CC(C)=O)ccc1C#N. The van der Waals surface area contributed by atoms with Gasteiger partial charge in [-0.3, -0.25) is 14.4 Å². The van der Waals surface area contributed by atoms with Crippen LogP contribution < -0.4 is 4.74 Å². The molecule has 0 radical (unpaired) electrons. The van der Waals surface area contributed by atoms with E-state index in [1.165, 1.54) is 13.0 Å². The summed E-state index contributed by atoms with van der Waals surface area (Å²) in [7, 11) is 0. The number of nitriles is 1. The van der Waals surface area contributed by atoms with Crippen LogP contribution in [0.25, 0.3) is 0 Å². The summed E-state index contributed by atoms with van der Waals surface area (Å²) in [5.41, 5.74) is 0.916. The molecule has 0 saturated carbocycles. The highest BCUT2D eigenvalue weighted by Gasteiger charge is 2.14. The highest BCUT2D eigenvalue weighted by molar-refractivity contribution is 5.98. The van der Waals surface area contributed by atoms with Crippen LogP contribution in [0.2, 0.25) is 0 Å². The average Bonchev–Trinajstić information content (AvgIpc) is 2.38. The Morgan fingerprint density at radius 3 is 2.52 bits per heavy atom. The molecule has 6 heteroatoms. The van der Waals surface area contributed by atoms with Crippen molar-refractivity contribution in [1.29, 1.82) is 5.26 Å². The Morgan fingerprint density at radius 2 is 1.95 bits per heavy atom. The van der Waals surface area contributed by atoms with Crippen LogP contribution in [0.5, 0.6) is 5.75 Å². The second kappa shape index (κ2) is 7.80. The molecular formula is C15H15NO5. The Balaban J connectivity index is 2.72. The molecule has 21 heavy (non-hydrogen) atoms. The number of nitrogens with zero attached hydrogens (tertiary/aromatic N) is 1. The van der Waals surface area contributed by atoms with Crippen LogP contribution in [0.3, 0.4) is 0 Å². The van der Waals surface area contributed by atoms with Crippen molar-refractivity contribution in [2.75, 3.05) is 6.61 Å². The van der Waals surface area contributed by atoms with E-state index in [2.05, 4.69) is 4.74 Å². The normalized spacial score (nSPS) is 9.57. The number of carbonyl (C=O) groups is 3. The number of esters is 2. The third kappa shape index (κ3) is 5.45. The number of rotatable bonds is 6. The predicted octanol–water partition coefficient (Wildman–Crippen LogP) is 1.55. The first-order valence-corrected chi connectivity index (χ1v) is 6.35. The summed E-state index contributed by atoms with van der Waals surface area (Å²) >= 11 is 0. The molecule has 0 unspecified atom stereocenters. The molecule has 0 aliphatic rings. The van der Waals surface area contributed by atoms with Crippen LogP contribution in [0.1, 0.15) is 31.4 Å². The summed E-state index contributed by atoms with van der Waals surface area (Å²) in [6.07, 6.45) is -0.571. The Bertz CT molecular complexity index is 601. The third-order valence-electron chi connectivity index (χ3n) is 2.44. The van der Waals surface area contributed by atoms with Crippen LogP contribution >= 0.6 is 0 Å². The highest BCUT2D eigenvalue weighted by Crippen LogP contribution is 2.20. The van der Waals surface area contributed by atoms with Crippen molar-refractivity contribution in [3.8, 4) is 11.8 Å². The van der Waals surface area contributed by atoms with Gasteiger partial charge >= 0.3 is 11.9 Å². The molecule has 0 bridgehead atoms. The van der Waals surface area contributed by atoms with Crippen molar-refractivity contribution in [2.24, 2.45) is 0 Å². The summed E-state index contributed by atoms with van der Waals surface area (Å²) in [6, 6.07) is 6.65. The van der Waals surface area contributed by atoms with Crippen molar-refractivity contribution in [3.05, 3.63) is 29.3 Å². The molecule has 0 saturated heterocycles. The van der Waals surface area contributed by atoms with E-state index in [0.717, 1.165) is 0 Å². The molecule has 1 aromatic carbocycles. The molecule has 1 aromatic rings. The fourth-order valence-corrected chi connectivity index (χ4v) is 1.61. The molecular weight excluding hydrogens is 274 g/mol. The van der Waals surface area contributed by atoms with Gasteiger partial charge in [0.15, 0.2) is 0 Å². The van der Waals surface area contributed by atoms with Crippen molar-refractivity contribution in [1.82, 2.24) is 0 Å². The van der Waals surface area contributed by atoms with Crippen LogP contribution in [-0.4, -0.2) is 24.3 Å². The van der Waals surface area contributed by atoms with Gasteiger partial charge in [0, 0.05) is 0 Å². The average molecular weight is 289 g/mol. The van der Waals surface area contributed by atoms with Gasteiger partial charge < -0.3 is 9.47 Å². The van der Waals surface area contributed by atoms with Gasteiger partial charge in [0.05, 0.1) is 18.6 Å². The first-order valence-electron chi connectivity index (χ1n) is 6.35. The molecule has 0 spiro atoms. The highest BCUT2D eigenvalue weighted by atomic mass is 16.6. The number of benzene rings is 1. The van der Waals surface area contributed by atoms with Gasteiger partial charge in [0.25, 0.3) is 0 Å². The fourth-order valence-electron chi connectivity index (χ4n) is 1.61. The lowest BCUT2D eigenvalue weighted by molar-refractivity contribution is -0.159. The minimum absolute atomic E-state index is 0.143. The molecule has 0 heterocycles.